The highest BCUT2D eigenvalue weighted by molar-refractivity contribution is 5.98. The number of hydrogen-bond acceptors (Lipinski definition) is 7. The number of rotatable bonds is 13. The number of primary amides is 1. The van der Waals surface area contributed by atoms with E-state index in [1.54, 1.807) is 36.4 Å². The predicted octanol–water partition coefficient (Wildman–Crippen LogP) is 2.34. The Morgan fingerprint density at radius 1 is 0.775 bits per heavy atom. The molecule has 0 spiro atoms. The van der Waals surface area contributed by atoms with Gasteiger partial charge in [-0.15, -0.1) is 0 Å². The van der Waals surface area contributed by atoms with Crippen LogP contribution in [0.25, 0.3) is 0 Å². The van der Waals surface area contributed by atoms with Crippen LogP contribution in [0.4, 0.5) is 4.79 Å². The molecule has 2 atom stereocenters. The molecule has 0 saturated carbocycles. The lowest BCUT2D eigenvalue weighted by Gasteiger charge is -2.20. The van der Waals surface area contributed by atoms with Crippen LogP contribution in [-0.4, -0.2) is 43.1 Å². The fourth-order valence-electron chi connectivity index (χ4n) is 3.74. The summed E-state index contributed by atoms with van der Waals surface area (Å²) in [7, 11) is 1.25. The van der Waals surface area contributed by atoms with Gasteiger partial charge in [-0.3, -0.25) is 9.59 Å². The molecule has 5 N–H and O–H groups in total. The van der Waals surface area contributed by atoms with Crippen LogP contribution >= 0.6 is 0 Å². The van der Waals surface area contributed by atoms with Crippen molar-refractivity contribution in [1.82, 2.24) is 16.0 Å². The first-order valence-corrected chi connectivity index (χ1v) is 12.6. The van der Waals surface area contributed by atoms with Crippen LogP contribution in [0.5, 0.6) is 0 Å². The van der Waals surface area contributed by atoms with Crippen LogP contribution < -0.4 is 21.7 Å². The van der Waals surface area contributed by atoms with Gasteiger partial charge in [0.05, 0.1) is 7.11 Å². The van der Waals surface area contributed by atoms with Crippen LogP contribution in [0.15, 0.2) is 103 Å². The highest BCUT2D eigenvalue weighted by atomic mass is 16.5. The molecule has 10 heteroatoms. The molecule has 0 aliphatic carbocycles. The second-order valence-electron chi connectivity index (χ2n) is 8.79. The molecule has 3 aromatic carbocycles. The van der Waals surface area contributed by atoms with Gasteiger partial charge in [-0.2, -0.15) is 0 Å². The Balaban J connectivity index is 1.72. The van der Waals surface area contributed by atoms with E-state index in [0.29, 0.717) is 0 Å². The molecule has 3 amide bonds. The molecule has 40 heavy (non-hydrogen) atoms. The van der Waals surface area contributed by atoms with Gasteiger partial charge in [-0.05, 0) is 16.7 Å². The molecule has 0 fully saturated rings. The predicted molar refractivity (Wildman–Crippen MR) is 148 cm³/mol. The Morgan fingerprint density at radius 3 is 1.77 bits per heavy atom. The number of nitrogens with one attached hydrogen (secondary N) is 3. The van der Waals surface area contributed by atoms with Crippen molar-refractivity contribution in [2.24, 2.45) is 5.73 Å². The van der Waals surface area contributed by atoms with Gasteiger partial charge in [0.2, 0.25) is 5.91 Å². The Bertz CT molecular complexity index is 1300. The minimum Gasteiger partial charge on any atom is -0.467 e. The van der Waals surface area contributed by atoms with Crippen LogP contribution in [0, 0.1) is 0 Å². The lowest BCUT2D eigenvalue weighted by Crippen LogP contribution is -2.49. The Morgan fingerprint density at radius 2 is 1.27 bits per heavy atom. The van der Waals surface area contributed by atoms with Crippen molar-refractivity contribution in [2.75, 3.05) is 7.11 Å². The molecule has 208 valence electrons. The molecule has 10 nitrogen and oxygen atoms in total. The standard InChI is InChI=1S/C30H32N4O6/c1-39-29(37)25(18-22-13-7-3-8-14-22)32-19-26(27(31)35)33-28(36)24(17-21-11-5-2-6-12-21)34-30(38)40-20-23-15-9-4-10-16-23/h2-16,19,24-25,32H,17-18,20H2,1H3,(H2,31,35)(H,33,36)(H,34,38)/b26-19+/t24?,25-/m0/s1. The van der Waals surface area contributed by atoms with Gasteiger partial charge in [0.15, 0.2) is 0 Å². The monoisotopic (exact) mass is 544 g/mol. The summed E-state index contributed by atoms with van der Waals surface area (Å²) in [6.07, 6.45) is 0.718. The van der Waals surface area contributed by atoms with E-state index in [0.717, 1.165) is 22.9 Å². The lowest BCUT2D eigenvalue weighted by molar-refractivity contribution is -0.142. The summed E-state index contributed by atoms with van der Waals surface area (Å²) in [5, 5.41) is 7.82. The number of nitrogens with two attached hydrogens (primary N) is 1. The molecule has 0 radical (unpaired) electrons. The van der Waals surface area contributed by atoms with E-state index in [2.05, 4.69) is 16.0 Å². The van der Waals surface area contributed by atoms with E-state index in [9.17, 15) is 19.2 Å². The smallest absolute Gasteiger partial charge is 0.408 e. The molecule has 0 aromatic heterocycles. The summed E-state index contributed by atoms with van der Waals surface area (Å²) in [6, 6.07) is 25.4. The summed E-state index contributed by atoms with van der Waals surface area (Å²) in [5.41, 5.74) is 7.60. The summed E-state index contributed by atoms with van der Waals surface area (Å²) in [4.78, 5) is 50.3. The Hall–Kier alpha value is -5.12. The van der Waals surface area contributed by atoms with Crippen molar-refractivity contribution in [2.45, 2.75) is 31.5 Å². The van der Waals surface area contributed by atoms with Crippen molar-refractivity contribution in [3.8, 4) is 0 Å². The number of benzene rings is 3. The van der Waals surface area contributed by atoms with Gasteiger partial charge in [0.25, 0.3) is 5.91 Å². The summed E-state index contributed by atoms with van der Waals surface area (Å²) >= 11 is 0. The van der Waals surface area contributed by atoms with Gasteiger partial charge in [-0.25, -0.2) is 9.59 Å². The number of ether oxygens (including phenoxy) is 2. The van der Waals surface area contributed by atoms with E-state index < -0.39 is 36.0 Å². The zero-order valence-corrected chi connectivity index (χ0v) is 22.0. The van der Waals surface area contributed by atoms with Crippen molar-refractivity contribution in [3.05, 3.63) is 120 Å². The molecule has 3 aromatic rings. The zero-order chi connectivity index (χ0) is 28.7. The first kappa shape index (κ1) is 29.4. The molecule has 1 unspecified atom stereocenters. The summed E-state index contributed by atoms with van der Waals surface area (Å²) in [6.45, 7) is 0.0129. The second-order valence-corrected chi connectivity index (χ2v) is 8.79. The van der Waals surface area contributed by atoms with Crippen molar-refractivity contribution < 1.29 is 28.7 Å². The number of hydrogen-bond donors (Lipinski definition) is 4. The fraction of sp³-hybridized carbons (Fsp3) is 0.200. The number of alkyl carbamates (subject to hydrolysis) is 1. The molecular weight excluding hydrogens is 512 g/mol. The lowest BCUT2D eigenvalue weighted by atomic mass is 10.1. The van der Waals surface area contributed by atoms with Gasteiger partial charge in [0, 0.05) is 19.0 Å². The largest absolute Gasteiger partial charge is 0.467 e. The molecule has 0 aliphatic heterocycles. The van der Waals surface area contributed by atoms with Crippen molar-refractivity contribution in [3.63, 3.8) is 0 Å². The Kier molecular flexibility index (Phi) is 11.3. The second kappa shape index (κ2) is 15.3. The topological polar surface area (TPSA) is 149 Å². The number of carbonyl (C=O) groups excluding carboxylic acids is 4. The van der Waals surface area contributed by atoms with E-state index in [1.807, 2.05) is 54.6 Å². The third-order valence-electron chi connectivity index (χ3n) is 5.82. The Labute approximate surface area is 232 Å². The first-order chi connectivity index (χ1) is 19.4. The van der Waals surface area contributed by atoms with E-state index in [4.69, 9.17) is 15.2 Å². The highest BCUT2D eigenvalue weighted by Gasteiger charge is 2.25. The molecule has 3 rings (SSSR count). The van der Waals surface area contributed by atoms with Crippen LogP contribution in [0.3, 0.4) is 0 Å². The molecule has 0 heterocycles. The fourth-order valence-corrected chi connectivity index (χ4v) is 3.74. The maximum absolute atomic E-state index is 13.2. The van der Waals surface area contributed by atoms with Crippen LogP contribution in [-0.2, 0) is 43.3 Å². The zero-order valence-electron chi connectivity index (χ0n) is 22.0. The number of amides is 3. The first-order valence-electron chi connectivity index (χ1n) is 12.6. The SMILES string of the molecule is COC(=O)[C@H](Cc1ccccc1)N/C=C(/NC(=O)C(Cc1ccccc1)NC(=O)OCc1ccccc1)C(N)=O. The maximum atomic E-state index is 13.2. The number of methoxy groups -OCH3 is 1. The minimum atomic E-state index is -1.10. The third-order valence-corrected chi connectivity index (χ3v) is 5.82. The minimum absolute atomic E-state index is 0.0129. The third kappa shape index (κ3) is 9.64. The number of esters is 1. The van der Waals surface area contributed by atoms with E-state index in [1.165, 1.54) is 7.11 Å². The van der Waals surface area contributed by atoms with Gasteiger partial charge < -0.3 is 31.2 Å². The molecule has 0 bridgehead atoms. The quantitative estimate of drug-likeness (QED) is 0.191. The molecular formula is C30H32N4O6. The maximum Gasteiger partial charge on any atom is 0.408 e. The number of carbonyl (C=O) groups is 4. The van der Waals surface area contributed by atoms with Crippen molar-refractivity contribution >= 4 is 23.9 Å². The van der Waals surface area contributed by atoms with Crippen LogP contribution in [0.1, 0.15) is 16.7 Å². The van der Waals surface area contributed by atoms with Crippen molar-refractivity contribution in [1.29, 1.82) is 0 Å². The van der Waals surface area contributed by atoms with Crippen LogP contribution in [0.2, 0.25) is 0 Å². The highest BCUT2D eigenvalue weighted by Crippen LogP contribution is 2.08. The summed E-state index contributed by atoms with van der Waals surface area (Å²) in [5.74, 6) is -2.22. The van der Waals surface area contributed by atoms with E-state index in [-0.39, 0.29) is 25.1 Å². The van der Waals surface area contributed by atoms with Gasteiger partial charge in [0.1, 0.15) is 24.4 Å². The normalized spacial score (nSPS) is 12.4. The summed E-state index contributed by atoms with van der Waals surface area (Å²) < 4.78 is 10.1. The van der Waals surface area contributed by atoms with E-state index >= 15 is 0 Å². The average molecular weight is 545 g/mol. The average Bonchev–Trinajstić information content (AvgIpc) is 2.98. The molecule has 0 aliphatic rings. The van der Waals surface area contributed by atoms with Gasteiger partial charge >= 0.3 is 12.1 Å². The molecule has 0 saturated heterocycles. The van der Waals surface area contributed by atoms with Gasteiger partial charge in [-0.1, -0.05) is 91.0 Å².